The second kappa shape index (κ2) is 11.4. The zero-order valence-corrected chi connectivity index (χ0v) is 18.7. The number of ether oxygens (including phenoxy) is 1. The average Bonchev–Trinajstić information content (AvgIpc) is 2.76. The van der Waals surface area contributed by atoms with Gasteiger partial charge in [0.2, 0.25) is 5.88 Å². The highest BCUT2D eigenvalue weighted by Crippen LogP contribution is 2.29. The summed E-state index contributed by atoms with van der Waals surface area (Å²) in [5.74, 6) is 1.39. The smallest absolute Gasteiger partial charge is 0.219 e. The second-order valence-corrected chi connectivity index (χ2v) is 8.03. The fourth-order valence-electron chi connectivity index (χ4n) is 3.21. The van der Waals surface area contributed by atoms with Gasteiger partial charge in [0.05, 0.1) is 5.02 Å². The minimum Gasteiger partial charge on any atom is -0.437 e. The predicted molar refractivity (Wildman–Crippen MR) is 126 cm³/mol. The zero-order chi connectivity index (χ0) is 22.1. The van der Waals surface area contributed by atoms with E-state index in [4.69, 9.17) is 16.3 Å². The van der Waals surface area contributed by atoms with Crippen LogP contribution in [0, 0.1) is 5.92 Å². The van der Waals surface area contributed by atoms with Crippen LogP contribution in [0.3, 0.4) is 0 Å². The number of nitrogens with zero attached hydrogens (tertiary/aromatic N) is 2. The fraction of sp³-hybridized carbons (Fsp3) is 0.269. The first-order valence-electron chi connectivity index (χ1n) is 10.6. The summed E-state index contributed by atoms with van der Waals surface area (Å²) in [5, 5.41) is 0.584. The van der Waals surface area contributed by atoms with Crippen molar-refractivity contribution in [1.29, 1.82) is 0 Å². The van der Waals surface area contributed by atoms with Crippen molar-refractivity contribution < 1.29 is 9.53 Å². The maximum atomic E-state index is 12.2. The van der Waals surface area contributed by atoms with Crippen molar-refractivity contribution in [2.75, 3.05) is 0 Å². The highest BCUT2D eigenvalue weighted by molar-refractivity contribution is 6.32. The van der Waals surface area contributed by atoms with Crippen LogP contribution in [0.1, 0.15) is 43.5 Å². The van der Waals surface area contributed by atoms with Crippen LogP contribution in [0.5, 0.6) is 11.6 Å². The number of hydrogen-bond donors (Lipinski definition) is 0. The van der Waals surface area contributed by atoms with Crippen LogP contribution in [0.25, 0.3) is 6.08 Å². The van der Waals surface area contributed by atoms with E-state index in [-0.39, 0.29) is 11.7 Å². The Morgan fingerprint density at radius 1 is 1.16 bits per heavy atom. The number of aryl methyl sites for hydroxylation is 1. The number of carbonyl (C=O) groups excluding carboxylic acids is 1. The molecule has 0 aliphatic carbocycles. The first-order chi connectivity index (χ1) is 15.0. The molecule has 2 aromatic heterocycles. The molecule has 3 aromatic rings. The molecule has 0 spiro atoms. The standard InChI is InChI=1S/C26H27ClN2O2/c1-3-6-20-10-12-25(24(27)16-20)31-26-13-11-21(18-29-26)9-8-19(2)15-23(30)17-22-7-4-5-14-28-22/h4-5,7-14,16,18-19H,3,6,15,17H2,1-2H3/b9-8+/t19-/m0/s1. The maximum Gasteiger partial charge on any atom is 0.219 e. The first-order valence-corrected chi connectivity index (χ1v) is 10.9. The lowest BCUT2D eigenvalue weighted by Crippen LogP contribution is -2.07. The number of ketones is 1. The topological polar surface area (TPSA) is 52.1 Å². The molecule has 0 N–H and O–H groups in total. The fourth-order valence-corrected chi connectivity index (χ4v) is 3.46. The van der Waals surface area contributed by atoms with Gasteiger partial charge in [-0.05, 0) is 53.8 Å². The van der Waals surface area contributed by atoms with E-state index < -0.39 is 0 Å². The Bertz CT molecular complexity index is 1020. The summed E-state index contributed by atoms with van der Waals surface area (Å²) >= 11 is 6.33. The van der Waals surface area contributed by atoms with Gasteiger partial charge in [0.1, 0.15) is 11.5 Å². The van der Waals surface area contributed by atoms with Gasteiger partial charge in [0.15, 0.2) is 0 Å². The Kier molecular flexibility index (Phi) is 8.36. The third-order valence-corrected chi connectivity index (χ3v) is 5.08. The Balaban J connectivity index is 1.52. The molecule has 4 nitrogen and oxygen atoms in total. The molecular weight excluding hydrogens is 408 g/mol. The number of aromatic nitrogens is 2. The Morgan fingerprint density at radius 3 is 2.71 bits per heavy atom. The van der Waals surface area contributed by atoms with Crippen LogP contribution < -0.4 is 4.74 Å². The molecule has 0 unspecified atom stereocenters. The van der Waals surface area contributed by atoms with Crippen molar-refractivity contribution in [2.24, 2.45) is 5.92 Å². The third kappa shape index (κ3) is 7.34. The maximum absolute atomic E-state index is 12.2. The molecule has 2 heterocycles. The summed E-state index contributed by atoms with van der Waals surface area (Å²) in [7, 11) is 0. The lowest BCUT2D eigenvalue weighted by atomic mass is 10.0. The molecule has 5 heteroatoms. The molecule has 0 aliphatic rings. The molecule has 0 saturated heterocycles. The van der Waals surface area contributed by atoms with E-state index >= 15 is 0 Å². The molecule has 0 saturated carbocycles. The van der Waals surface area contributed by atoms with Crippen LogP contribution in [-0.4, -0.2) is 15.8 Å². The molecule has 0 aliphatic heterocycles. The summed E-state index contributed by atoms with van der Waals surface area (Å²) in [6.07, 6.45) is 10.4. The highest BCUT2D eigenvalue weighted by atomic mass is 35.5. The Labute approximate surface area is 189 Å². The highest BCUT2D eigenvalue weighted by Gasteiger charge is 2.09. The van der Waals surface area contributed by atoms with Gasteiger partial charge in [-0.25, -0.2) is 4.98 Å². The summed E-state index contributed by atoms with van der Waals surface area (Å²) in [5.41, 5.74) is 2.95. The molecule has 0 fully saturated rings. The van der Waals surface area contributed by atoms with Crippen molar-refractivity contribution >= 4 is 23.5 Å². The number of Topliss-reactive ketones (excluding diaryl/α,β-unsaturated/α-hetero) is 1. The molecule has 160 valence electrons. The number of rotatable bonds is 10. The second-order valence-electron chi connectivity index (χ2n) is 7.62. The van der Waals surface area contributed by atoms with E-state index in [0.717, 1.165) is 24.1 Å². The normalized spacial score (nSPS) is 12.1. The van der Waals surface area contributed by atoms with Crippen LogP contribution >= 0.6 is 11.6 Å². The van der Waals surface area contributed by atoms with Gasteiger partial charge in [-0.3, -0.25) is 9.78 Å². The third-order valence-electron chi connectivity index (χ3n) is 4.78. The first kappa shape index (κ1) is 22.7. The molecule has 1 aromatic carbocycles. The van der Waals surface area contributed by atoms with Crippen LogP contribution in [0.15, 0.2) is 67.0 Å². The monoisotopic (exact) mass is 434 g/mol. The predicted octanol–water partition coefficient (Wildman–Crippen LogP) is 6.73. The molecule has 1 atom stereocenters. The number of pyridine rings is 2. The van der Waals surface area contributed by atoms with Crippen molar-refractivity contribution in [3.05, 3.63) is 88.8 Å². The van der Waals surface area contributed by atoms with E-state index in [2.05, 4.69) is 16.9 Å². The largest absolute Gasteiger partial charge is 0.437 e. The summed E-state index contributed by atoms with van der Waals surface area (Å²) in [4.78, 5) is 20.8. The SMILES string of the molecule is CCCc1ccc(Oc2ccc(/C=C/[C@H](C)CC(=O)Cc3ccccn3)cn2)c(Cl)c1. The van der Waals surface area contributed by atoms with Crippen molar-refractivity contribution in [3.8, 4) is 11.6 Å². The Morgan fingerprint density at radius 2 is 2.03 bits per heavy atom. The van der Waals surface area contributed by atoms with Crippen LogP contribution in [0.4, 0.5) is 0 Å². The number of halogens is 1. The van der Waals surface area contributed by atoms with Crippen molar-refractivity contribution in [1.82, 2.24) is 9.97 Å². The molecule has 0 radical (unpaired) electrons. The summed E-state index contributed by atoms with van der Waals surface area (Å²) in [6, 6.07) is 15.2. The number of allylic oxidation sites excluding steroid dienone is 1. The van der Waals surface area contributed by atoms with Gasteiger partial charge in [-0.1, -0.05) is 56.2 Å². The van der Waals surface area contributed by atoms with Crippen molar-refractivity contribution in [2.45, 2.75) is 39.5 Å². The summed E-state index contributed by atoms with van der Waals surface area (Å²) in [6.45, 7) is 4.17. The van der Waals surface area contributed by atoms with Crippen LogP contribution in [0.2, 0.25) is 5.02 Å². The number of hydrogen-bond acceptors (Lipinski definition) is 4. The number of benzene rings is 1. The Hall–Kier alpha value is -2.98. The van der Waals surface area contributed by atoms with E-state index in [0.29, 0.717) is 29.5 Å². The van der Waals surface area contributed by atoms with Crippen molar-refractivity contribution in [3.63, 3.8) is 0 Å². The van der Waals surface area contributed by atoms with Gasteiger partial charge in [-0.2, -0.15) is 0 Å². The molecule has 0 bridgehead atoms. The van der Waals surface area contributed by atoms with Gasteiger partial charge >= 0.3 is 0 Å². The van der Waals surface area contributed by atoms with Crippen LogP contribution in [-0.2, 0) is 17.6 Å². The van der Waals surface area contributed by atoms with Gasteiger partial charge in [0, 0.05) is 37.0 Å². The quantitative estimate of drug-likeness (QED) is 0.355. The average molecular weight is 435 g/mol. The minimum atomic E-state index is 0.132. The lowest BCUT2D eigenvalue weighted by molar-refractivity contribution is -0.119. The van der Waals surface area contributed by atoms with Gasteiger partial charge < -0.3 is 4.74 Å². The molecular formula is C26H27ClN2O2. The lowest BCUT2D eigenvalue weighted by Gasteiger charge is -2.08. The minimum absolute atomic E-state index is 0.132. The van der Waals surface area contributed by atoms with E-state index in [1.54, 1.807) is 12.4 Å². The van der Waals surface area contributed by atoms with Gasteiger partial charge in [0.25, 0.3) is 0 Å². The molecule has 3 rings (SSSR count). The zero-order valence-electron chi connectivity index (χ0n) is 17.9. The molecule has 31 heavy (non-hydrogen) atoms. The molecule has 0 amide bonds. The number of carbonyl (C=O) groups is 1. The van der Waals surface area contributed by atoms with Gasteiger partial charge in [-0.15, -0.1) is 0 Å². The van der Waals surface area contributed by atoms with E-state index in [9.17, 15) is 4.79 Å². The summed E-state index contributed by atoms with van der Waals surface area (Å²) < 4.78 is 5.81. The van der Waals surface area contributed by atoms with E-state index in [1.807, 2.05) is 67.6 Å². The van der Waals surface area contributed by atoms with E-state index in [1.165, 1.54) is 5.56 Å².